The number of benzene rings is 1. The van der Waals surface area contributed by atoms with Crippen molar-refractivity contribution in [3.8, 4) is 0 Å². The Kier molecular flexibility index (Phi) is 4.03. The zero-order chi connectivity index (χ0) is 14.8. The molecule has 2 aromatic rings. The number of hydrogen-bond acceptors (Lipinski definition) is 4. The lowest BCUT2D eigenvalue weighted by Gasteiger charge is -2.35. The van der Waals surface area contributed by atoms with Crippen LogP contribution in [-0.2, 0) is 0 Å². The van der Waals surface area contributed by atoms with Gasteiger partial charge in [-0.2, -0.15) is 0 Å². The molecule has 1 aromatic heterocycles. The fourth-order valence-electron chi connectivity index (χ4n) is 2.80. The predicted octanol–water partition coefficient (Wildman–Crippen LogP) is 2.01. The van der Waals surface area contributed by atoms with Gasteiger partial charge in [-0.25, -0.2) is 4.98 Å². The number of fused-ring (bicyclic) bond motifs is 1. The summed E-state index contributed by atoms with van der Waals surface area (Å²) < 4.78 is 0. The first-order valence-corrected chi connectivity index (χ1v) is 7.76. The Morgan fingerprint density at radius 2 is 1.95 bits per heavy atom. The lowest BCUT2D eigenvalue weighted by molar-refractivity contribution is 0.270. The molecule has 0 bridgehead atoms. The summed E-state index contributed by atoms with van der Waals surface area (Å²) in [5.74, 6) is 0.928. The lowest BCUT2D eigenvalue weighted by Crippen LogP contribution is -2.47. The van der Waals surface area contributed by atoms with E-state index in [0.29, 0.717) is 4.99 Å². The quantitative estimate of drug-likeness (QED) is 0.879. The highest BCUT2D eigenvalue weighted by Gasteiger charge is 2.20. The number of nitrogens with two attached hydrogens (primary N) is 1. The third-order valence-corrected chi connectivity index (χ3v) is 4.31. The molecule has 2 N–H and O–H groups in total. The zero-order valence-electron chi connectivity index (χ0n) is 12.2. The van der Waals surface area contributed by atoms with Gasteiger partial charge in [0, 0.05) is 31.6 Å². The second-order valence-electron chi connectivity index (χ2n) is 5.34. The molecule has 2 heterocycles. The Balaban J connectivity index is 2.00. The molecule has 0 atom stereocenters. The molecule has 3 rings (SSSR count). The average Bonchev–Trinajstić information content (AvgIpc) is 2.53. The molecule has 0 spiro atoms. The second kappa shape index (κ2) is 5.95. The molecule has 1 saturated heterocycles. The van der Waals surface area contributed by atoms with Gasteiger partial charge in [0.25, 0.3) is 0 Å². The monoisotopic (exact) mass is 300 g/mol. The van der Waals surface area contributed by atoms with E-state index in [1.165, 1.54) is 0 Å². The number of anilines is 1. The normalized spacial score (nSPS) is 16.3. The number of pyridine rings is 1. The van der Waals surface area contributed by atoms with Crippen molar-refractivity contribution in [3.63, 3.8) is 0 Å². The summed E-state index contributed by atoms with van der Waals surface area (Å²) >= 11 is 5.23. The molecular formula is C16H20N4S. The van der Waals surface area contributed by atoms with Crippen LogP contribution in [-0.4, -0.2) is 47.6 Å². The van der Waals surface area contributed by atoms with Gasteiger partial charge in [-0.15, -0.1) is 0 Å². The maximum Gasteiger partial charge on any atom is 0.139 e. The number of likely N-dealkylation sites (N-methyl/N-ethyl adjacent to an activating group) is 1. The van der Waals surface area contributed by atoms with Crippen LogP contribution >= 0.6 is 12.2 Å². The van der Waals surface area contributed by atoms with Crippen LogP contribution in [0.3, 0.4) is 0 Å². The number of rotatable bonds is 3. The first-order chi connectivity index (χ1) is 10.2. The van der Waals surface area contributed by atoms with E-state index in [0.717, 1.165) is 55.0 Å². The minimum Gasteiger partial charge on any atom is -0.389 e. The summed E-state index contributed by atoms with van der Waals surface area (Å²) in [5.41, 5.74) is 7.79. The van der Waals surface area contributed by atoms with Crippen molar-refractivity contribution in [1.82, 2.24) is 9.88 Å². The highest BCUT2D eigenvalue weighted by atomic mass is 32.1. The molecular weight excluding hydrogens is 280 g/mol. The van der Waals surface area contributed by atoms with Gasteiger partial charge in [-0.3, -0.25) is 0 Å². The van der Waals surface area contributed by atoms with E-state index < -0.39 is 0 Å². The summed E-state index contributed by atoms with van der Waals surface area (Å²) in [6, 6.07) is 10.2. The van der Waals surface area contributed by atoms with E-state index in [2.05, 4.69) is 22.8 Å². The molecule has 0 unspecified atom stereocenters. The number of aromatic nitrogens is 1. The highest BCUT2D eigenvalue weighted by molar-refractivity contribution is 7.80. The molecule has 4 nitrogen and oxygen atoms in total. The molecule has 1 aliphatic heterocycles. The van der Waals surface area contributed by atoms with Crippen molar-refractivity contribution < 1.29 is 0 Å². The third kappa shape index (κ3) is 2.84. The molecule has 0 amide bonds. The summed E-state index contributed by atoms with van der Waals surface area (Å²) in [6.07, 6.45) is 0. The van der Waals surface area contributed by atoms with Crippen molar-refractivity contribution in [2.45, 2.75) is 6.92 Å². The van der Waals surface area contributed by atoms with E-state index in [9.17, 15) is 0 Å². The summed E-state index contributed by atoms with van der Waals surface area (Å²) in [4.78, 5) is 9.97. The largest absolute Gasteiger partial charge is 0.389 e. The van der Waals surface area contributed by atoms with Gasteiger partial charge >= 0.3 is 0 Å². The van der Waals surface area contributed by atoms with Crippen LogP contribution < -0.4 is 10.6 Å². The predicted molar refractivity (Wildman–Crippen MR) is 92.0 cm³/mol. The van der Waals surface area contributed by atoms with Crippen LogP contribution in [0.4, 0.5) is 5.82 Å². The minimum absolute atomic E-state index is 0.418. The van der Waals surface area contributed by atoms with Crippen molar-refractivity contribution >= 4 is 33.9 Å². The van der Waals surface area contributed by atoms with Crippen molar-refractivity contribution in [1.29, 1.82) is 0 Å². The SMILES string of the molecule is CCN1CCN(c2nc3ccccc3cc2C(N)=S)CC1. The molecule has 0 radical (unpaired) electrons. The van der Waals surface area contributed by atoms with E-state index in [4.69, 9.17) is 22.9 Å². The first-order valence-electron chi connectivity index (χ1n) is 7.36. The highest BCUT2D eigenvalue weighted by Crippen LogP contribution is 2.24. The molecule has 0 aliphatic carbocycles. The zero-order valence-corrected chi connectivity index (χ0v) is 13.1. The van der Waals surface area contributed by atoms with Gasteiger partial charge < -0.3 is 15.5 Å². The van der Waals surface area contributed by atoms with Crippen LogP contribution in [0.5, 0.6) is 0 Å². The van der Waals surface area contributed by atoms with Crippen molar-refractivity contribution in [3.05, 3.63) is 35.9 Å². The Hall–Kier alpha value is -1.72. The van der Waals surface area contributed by atoms with E-state index in [1.807, 2.05) is 24.3 Å². The standard InChI is InChI=1S/C16H20N4S/c1-2-19-7-9-20(10-8-19)16-13(15(17)21)11-12-5-3-4-6-14(12)18-16/h3-6,11H,2,7-10H2,1H3,(H2,17,21). The molecule has 1 aliphatic rings. The Labute approximate surface area is 130 Å². The fourth-order valence-corrected chi connectivity index (χ4v) is 2.95. The summed E-state index contributed by atoms with van der Waals surface area (Å²) in [6.45, 7) is 7.35. The Morgan fingerprint density at radius 3 is 2.62 bits per heavy atom. The smallest absolute Gasteiger partial charge is 0.139 e. The van der Waals surface area contributed by atoms with Crippen LogP contribution in [0.1, 0.15) is 12.5 Å². The van der Waals surface area contributed by atoms with E-state index in [1.54, 1.807) is 0 Å². The van der Waals surface area contributed by atoms with Gasteiger partial charge in [-0.05, 0) is 18.7 Å². The van der Waals surface area contributed by atoms with Crippen LogP contribution in [0.15, 0.2) is 30.3 Å². The second-order valence-corrected chi connectivity index (χ2v) is 5.78. The third-order valence-electron chi connectivity index (χ3n) is 4.09. The van der Waals surface area contributed by atoms with Crippen molar-refractivity contribution in [2.24, 2.45) is 5.73 Å². The van der Waals surface area contributed by atoms with Gasteiger partial charge in [0.1, 0.15) is 10.8 Å². The molecule has 21 heavy (non-hydrogen) atoms. The van der Waals surface area contributed by atoms with Gasteiger partial charge in [0.2, 0.25) is 0 Å². The number of thiocarbonyl (C=S) groups is 1. The summed E-state index contributed by atoms with van der Waals surface area (Å²) in [7, 11) is 0. The first kappa shape index (κ1) is 14.2. The molecule has 1 fully saturated rings. The van der Waals surface area contributed by atoms with Gasteiger partial charge in [0.05, 0.1) is 11.1 Å². The molecule has 1 aromatic carbocycles. The number of piperazine rings is 1. The maximum atomic E-state index is 5.92. The Morgan fingerprint density at radius 1 is 1.24 bits per heavy atom. The average molecular weight is 300 g/mol. The van der Waals surface area contributed by atoms with E-state index >= 15 is 0 Å². The number of nitrogens with zero attached hydrogens (tertiary/aromatic N) is 3. The summed E-state index contributed by atoms with van der Waals surface area (Å²) in [5, 5.41) is 1.08. The Bertz CT molecular complexity index is 662. The van der Waals surface area contributed by atoms with Crippen LogP contribution in [0.2, 0.25) is 0 Å². The van der Waals surface area contributed by atoms with E-state index in [-0.39, 0.29) is 0 Å². The van der Waals surface area contributed by atoms with Gasteiger partial charge in [0.15, 0.2) is 0 Å². The van der Waals surface area contributed by atoms with Crippen molar-refractivity contribution in [2.75, 3.05) is 37.6 Å². The number of para-hydroxylation sites is 1. The molecule has 110 valence electrons. The fraction of sp³-hybridized carbons (Fsp3) is 0.375. The molecule has 5 heteroatoms. The molecule has 0 saturated carbocycles. The maximum absolute atomic E-state index is 5.92. The van der Waals surface area contributed by atoms with Crippen LogP contribution in [0, 0.1) is 0 Å². The topological polar surface area (TPSA) is 45.4 Å². The van der Waals surface area contributed by atoms with Gasteiger partial charge in [-0.1, -0.05) is 37.3 Å². The minimum atomic E-state index is 0.418. The van der Waals surface area contributed by atoms with Crippen LogP contribution in [0.25, 0.3) is 10.9 Å². The number of hydrogen-bond donors (Lipinski definition) is 1. The lowest BCUT2D eigenvalue weighted by atomic mass is 10.1.